The van der Waals surface area contributed by atoms with Gasteiger partial charge in [-0.2, -0.15) is 0 Å². The molecule has 1 N–H and O–H groups in total. The number of nitrogens with one attached hydrogen (secondary N) is 1. The van der Waals surface area contributed by atoms with Crippen LogP contribution in [-0.4, -0.2) is 24.7 Å². The first kappa shape index (κ1) is 22.3. The third-order valence-electron chi connectivity index (χ3n) is 6.09. The number of para-hydroxylation sites is 1. The highest BCUT2D eigenvalue weighted by Gasteiger charge is 2.18. The molecule has 0 radical (unpaired) electrons. The summed E-state index contributed by atoms with van der Waals surface area (Å²) in [5.41, 5.74) is 2.66. The summed E-state index contributed by atoms with van der Waals surface area (Å²) in [5, 5.41) is 7.65. The van der Waals surface area contributed by atoms with E-state index < -0.39 is 5.69 Å². The van der Waals surface area contributed by atoms with E-state index in [1.165, 1.54) is 14.5 Å². The lowest BCUT2D eigenvalue weighted by Gasteiger charge is -2.09. The zero-order valence-electron chi connectivity index (χ0n) is 19.3. The molecular weight excluding hydrogens is 442 g/mol. The molecule has 0 aliphatic rings. The number of amides is 1. The van der Waals surface area contributed by atoms with Crippen molar-refractivity contribution in [2.24, 2.45) is 0 Å². The third kappa shape index (κ3) is 4.38. The van der Waals surface area contributed by atoms with E-state index >= 15 is 0 Å². The van der Waals surface area contributed by atoms with Crippen molar-refractivity contribution in [3.63, 3.8) is 0 Å². The maximum Gasteiger partial charge on any atom is 0.352 e. The second-order valence-electron chi connectivity index (χ2n) is 8.38. The molecule has 0 saturated heterocycles. The van der Waals surface area contributed by atoms with Gasteiger partial charge < -0.3 is 5.32 Å². The number of anilines is 1. The van der Waals surface area contributed by atoms with E-state index in [9.17, 15) is 14.4 Å². The summed E-state index contributed by atoms with van der Waals surface area (Å²) in [5.74, 6) is -0.156. The highest BCUT2D eigenvalue weighted by molar-refractivity contribution is 5.90. The number of aromatic nitrogens is 4. The topological polar surface area (TPSA) is 90.4 Å². The zero-order valence-corrected chi connectivity index (χ0v) is 19.3. The molecule has 5 aromatic rings. The summed E-state index contributed by atoms with van der Waals surface area (Å²) in [6.45, 7) is 2.15. The van der Waals surface area contributed by atoms with Crippen molar-refractivity contribution in [1.82, 2.24) is 18.7 Å². The standard InChI is InChI=1S/C27H25N5O3/c1-2-19-12-14-21(15-13-19)28-24(33)18-31-27(35)32-23-11-7-6-10-22(23)25(34)30(26(32)29-31)17-16-20-8-4-3-5-9-20/h3-15H,2,16-18H2,1H3,(H,28,33). The van der Waals surface area contributed by atoms with Crippen molar-refractivity contribution in [1.29, 1.82) is 0 Å². The summed E-state index contributed by atoms with van der Waals surface area (Å²) in [6, 6.07) is 24.3. The van der Waals surface area contributed by atoms with Gasteiger partial charge in [0.25, 0.3) is 5.56 Å². The van der Waals surface area contributed by atoms with E-state index in [1.807, 2.05) is 54.6 Å². The predicted octanol–water partition coefficient (Wildman–Crippen LogP) is 3.25. The fourth-order valence-corrected chi connectivity index (χ4v) is 4.22. The van der Waals surface area contributed by atoms with Gasteiger partial charge in [0.1, 0.15) is 6.54 Å². The lowest BCUT2D eigenvalue weighted by Crippen LogP contribution is -2.29. The number of fused-ring (bicyclic) bond motifs is 3. The van der Waals surface area contributed by atoms with Crippen LogP contribution in [0, 0.1) is 0 Å². The SMILES string of the molecule is CCc1ccc(NC(=O)Cn2nc3n(CCc4ccccc4)c(=O)c4ccccc4n3c2=O)cc1. The molecule has 2 heterocycles. The first-order valence-electron chi connectivity index (χ1n) is 11.6. The molecule has 176 valence electrons. The molecule has 0 aliphatic carbocycles. The number of rotatable bonds is 7. The summed E-state index contributed by atoms with van der Waals surface area (Å²) < 4.78 is 4.02. The Hall–Kier alpha value is -4.46. The van der Waals surface area contributed by atoms with Crippen LogP contribution in [0.4, 0.5) is 5.69 Å². The van der Waals surface area contributed by atoms with Crippen LogP contribution in [0.3, 0.4) is 0 Å². The molecular formula is C27H25N5O3. The molecule has 0 saturated carbocycles. The third-order valence-corrected chi connectivity index (χ3v) is 6.09. The van der Waals surface area contributed by atoms with Crippen LogP contribution in [-0.2, 0) is 30.7 Å². The fraction of sp³-hybridized carbons (Fsp3) is 0.185. The number of benzene rings is 3. The molecule has 35 heavy (non-hydrogen) atoms. The average molecular weight is 468 g/mol. The molecule has 5 rings (SSSR count). The Kier molecular flexibility index (Phi) is 6.01. The van der Waals surface area contributed by atoms with Crippen molar-refractivity contribution in [3.05, 3.63) is 111 Å². The number of hydrogen-bond donors (Lipinski definition) is 1. The van der Waals surface area contributed by atoms with Crippen molar-refractivity contribution in [3.8, 4) is 0 Å². The number of carbonyl (C=O) groups is 1. The quantitative estimate of drug-likeness (QED) is 0.398. The van der Waals surface area contributed by atoms with Crippen LogP contribution in [0.2, 0.25) is 0 Å². The van der Waals surface area contributed by atoms with E-state index in [0.717, 1.165) is 16.7 Å². The largest absolute Gasteiger partial charge is 0.352 e. The maximum absolute atomic E-state index is 13.3. The van der Waals surface area contributed by atoms with Gasteiger partial charge >= 0.3 is 5.69 Å². The molecule has 2 aromatic heterocycles. The van der Waals surface area contributed by atoms with Crippen LogP contribution in [0.5, 0.6) is 0 Å². The van der Waals surface area contributed by atoms with Crippen molar-refractivity contribution >= 4 is 28.3 Å². The van der Waals surface area contributed by atoms with Crippen LogP contribution < -0.4 is 16.6 Å². The minimum absolute atomic E-state index is 0.217. The van der Waals surface area contributed by atoms with Gasteiger partial charge in [0.05, 0.1) is 10.9 Å². The van der Waals surface area contributed by atoms with E-state index in [0.29, 0.717) is 29.6 Å². The molecule has 8 nitrogen and oxygen atoms in total. The summed E-state index contributed by atoms with van der Waals surface area (Å²) in [4.78, 5) is 39.3. The molecule has 0 bridgehead atoms. The molecule has 0 unspecified atom stereocenters. The Bertz CT molecular complexity index is 1630. The Morgan fingerprint density at radius 2 is 1.60 bits per heavy atom. The van der Waals surface area contributed by atoms with Crippen LogP contribution in [0.25, 0.3) is 16.7 Å². The van der Waals surface area contributed by atoms with Gasteiger partial charge in [-0.3, -0.25) is 14.2 Å². The number of carbonyl (C=O) groups excluding carboxylic acids is 1. The Morgan fingerprint density at radius 3 is 2.34 bits per heavy atom. The van der Waals surface area contributed by atoms with Gasteiger partial charge in [-0.1, -0.05) is 61.5 Å². The van der Waals surface area contributed by atoms with Gasteiger partial charge in [0.2, 0.25) is 11.7 Å². The van der Waals surface area contributed by atoms with E-state index in [1.54, 1.807) is 24.3 Å². The van der Waals surface area contributed by atoms with Gasteiger partial charge in [-0.15, -0.1) is 5.10 Å². The van der Waals surface area contributed by atoms with Crippen molar-refractivity contribution in [2.75, 3.05) is 5.32 Å². The molecule has 8 heteroatoms. The molecule has 0 atom stereocenters. The molecule has 0 aliphatic heterocycles. The van der Waals surface area contributed by atoms with Crippen LogP contribution in [0.1, 0.15) is 18.1 Å². The molecule has 0 fully saturated rings. The second kappa shape index (κ2) is 9.42. The van der Waals surface area contributed by atoms with E-state index in [4.69, 9.17) is 0 Å². The highest BCUT2D eigenvalue weighted by atomic mass is 16.2. The maximum atomic E-state index is 13.3. The van der Waals surface area contributed by atoms with Gasteiger partial charge in [-0.25, -0.2) is 13.9 Å². The van der Waals surface area contributed by atoms with Crippen LogP contribution in [0.15, 0.2) is 88.5 Å². The zero-order chi connectivity index (χ0) is 24.4. The van der Waals surface area contributed by atoms with Crippen molar-refractivity contribution in [2.45, 2.75) is 32.9 Å². The lowest BCUT2D eigenvalue weighted by atomic mass is 10.1. The summed E-state index contributed by atoms with van der Waals surface area (Å²) >= 11 is 0. The first-order chi connectivity index (χ1) is 17.0. The minimum atomic E-state index is -0.471. The lowest BCUT2D eigenvalue weighted by molar-refractivity contribution is -0.117. The van der Waals surface area contributed by atoms with Crippen LogP contribution >= 0.6 is 0 Å². The monoisotopic (exact) mass is 467 g/mol. The Balaban J connectivity index is 1.52. The van der Waals surface area contributed by atoms with Gasteiger partial charge in [0.15, 0.2) is 0 Å². The first-order valence-corrected chi connectivity index (χ1v) is 11.6. The van der Waals surface area contributed by atoms with Gasteiger partial charge in [0, 0.05) is 12.2 Å². The number of aryl methyl sites for hydroxylation is 3. The predicted molar refractivity (Wildman–Crippen MR) is 136 cm³/mol. The number of hydrogen-bond acceptors (Lipinski definition) is 4. The van der Waals surface area contributed by atoms with Crippen molar-refractivity contribution < 1.29 is 4.79 Å². The molecule has 1 amide bonds. The number of nitrogens with zero attached hydrogens (tertiary/aromatic N) is 4. The Labute approximate surface area is 201 Å². The second-order valence-corrected chi connectivity index (χ2v) is 8.38. The van der Waals surface area contributed by atoms with E-state index in [2.05, 4.69) is 17.3 Å². The van der Waals surface area contributed by atoms with Gasteiger partial charge in [-0.05, 0) is 48.2 Å². The van der Waals surface area contributed by atoms with E-state index in [-0.39, 0.29) is 23.8 Å². The summed E-state index contributed by atoms with van der Waals surface area (Å²) in [7, 11) is 0. The fourth-order valence-electron chi connectivity index (χ4n) is 4.22. The molecule has 3 aromatic carbocycles. The highest BCUT2D eigenvalue weighted by Crippen LogP contribution is 2.13. The average Bonchev–Trinajstić information content (AvgIpc) is 3.20. The minimum Gasteiger partial charge on any atom is -0.324 e. The molecule has 0 spiro atoms. The summed E-state index contributed by atoms with van der Waals surface area (Å²) in [6.07, 6.45) is 1.51. The smallest absolute Gasteiger partial charge is 0.324 e. The Morgan fingerprint density at radius 1 is 0.886 bits per heavy atom. The normalized spacial score (nSPS) is 11.2.